The Bertz CT molecular complexity index is 452. The standard InChI is InChI=1S/C12H13FN2O2/c13-9-4-2-1-3-8(9)7-15-10-5-14-6-11(10)17-12(15)16/h1-4,10-11,14H,5-7H2. The molecule has 17 heavy (non-hydrogen) atoms. The van der Waals surface area contributed by atoms with Gasteiger partial charge in [0.05, 0.1) is 12.6 Å². The van der Waals surface area contributed by atoms with Gasteiger partial charge in [-0.2, -0.15) is 0 Å². The van der Waals surface area contributed by atoms with Crippen molar-refractivity contribution in [2.75, 3.05) is 13.1 Å². The van der Waals surface area contributed by atoms with Crippen LogP contribution < -0.4 is 5.32 Å². The van der Waals surface area contributed by atoms with E-state index in [1.807, 2.05) is 0 Å². The molecule has 0 bridgehead atoms. The summed E-state index contributed by atoms with van der Waals surface area (Å²) in [6.45, 7) is 1.67. The first-order valence-electron chi connectivity index (χ1n) is 5.67. The van der Waals surface area contributed by atoms with Crippen molar-refractivity contribution in [3.8, 4) is 0 Å². The van der Waals surface area contributed by atoms with Gasteiger partial charge in [0.1, 0.15) is 11.9 Å². The number of nitrogens with one attached hydrogen (secondary N) is 1. The number of rotatable bonds is 2. The number of halogens is 1. The van der Waals surface area contributed by atoms with Gasteiger partial charge in [0, 0.05) is 18.7 Å². The molecule has 0 aliphatic carbocycles. The van der Waals surface area contributed by atoms with E-state index in [4.69, 9.17) is 4.74 Å². The summed E-state index contributed by atoms with van der Waals surface area (Å²) in [6, 6.07) is 6.53. The first kappa shape index (κ1) is 10.5. The quantitative estimate of drug-likeness (QED) is 0.836. The molecule has 2 atom stereocenters. The lowest BCUT2D eigenvalue weighted by Crippen LogP contribution is -2.36. The number of carbonyl (C=O) groups is 1. The number of amides is 1. The lowest BCUT2D eigenvalue weighted by molar-refractivity contribution is 0.133. The van der Waals surface area contributed by atoms with Crippen LogP contribution in [0.25, 0.3) is 0 Å². The van der Waals surface area contributed by atoms with Crippen LogP contribution in [-0.4, -0.2) is 36.2 Å². The third kappa shape index (κ3) is 1.76. The van der Waals surface area contributed by atoms with E-state index >= 15 is 0 Å². The monoisotopic (exact) mass is 236 g/mol. The Morgan fingerprint density at radius 3 is 3.06 bits per heavy atom. The van der Waals surface area contributed by atoms with Crippen molar-refractivity contribution in [3.63, 3.8) is 0 Å². The number of carbonyl (C=O) groups excluding carboxylic acids is 1. The van der Waals surface area contributed by atoms with Crippen LogP contribution in [0.5, 0.6) is 0 Å². The number of hydrogen-bond donors (Lipinski definition) is 1. The fraction of sp³-hybridized carbons (Fsp3) is 0.417. The molecule has 0 radical (unpaired) electrons. The molecule has 1 amide bonds. The smallest absolute Gasteiger partial charge is 0.410 e. The molecule has 2 unspecified atom stereocenters. The molecule has 2 fully saturated rings. The van der Waals surface area contributed by atoms with E-state index in [0.717, 1.165) is 0 Å². The van der Waals surface area contributed by atoms with Crippen LogP contribution in [0.1, 0.15) is 5.56 Å². The van der Waals surface area contributed by atoms with E-state index in [1.165, 1.54) is 6.07 Å². The topological polar surface area (TPSA) is 41.6 Å². The van der Waals surface area contributed by atoms with Crippen molar-refractivity contribution in [1.29, 1.82) is 0 Å². The van der Waals surface area contributed by atoms with Crippen molar-refractivity contribution in [3.05, 3.63) is 35.6 Å². The maximum Gasteiger partial charge on any atom is 0.410 e. The van der Waals surface area contributed by atoms with Crippen LogP contribution in [0.3, 0.4) is 0 Å². The first-order chi connectivity index (χ1) is 8.25. The van der Waals surface area contributed by atoms with Gasteiger partial charge in [-0.1, -0.05) is 18.2 Å². The Hall–Kier alpha value is -1.62. The fourth-order valence-electron chi connectivity index (χ4n) is 2.40. The molecule has 1 N–H and O–H groups in total. The average molecular weight is 236 g/mol. The summed E-state index contributed by atoms with van der Waals surface area (Å²) >= 11 is 0. The van der Waals surface area contributed by atoms with E-state index in [2.05, 4.69) is 5.32 Å². The van der Waals surface area contributed by atoms with Crippen LogP contribution in [0.4, 0.5) is 9.18 Å². The zero-order valence-electron chi connectivity index (χ0n) is 9.23. The van der Waals surface area contributed by atoms with Gasteiger partial charge in [-0.05, 0) is 6.07 Å². The maximum atomic E-state index is 13.5. The van der Waals surface area contributed by atoms with Crippen LogP contribution in [0, 0.1) is 5.82 Å². The molecule has 0 spiro atoms. The number of hydrogen-bond acceptors (Lipinski definition) is 3. The number of fused-ring (bicyclic) bond motifs is 1. The van der Waals surface area contributed by atoms with Gasteiger partial charge in [-0.25, -0.2) is 9.18 Å². The second kappa shape index (κ2) is 4.00. The molecule has 4 nitrogen and oxygen atoms in total. The van der Waals surface area contributed by atoms with Crippen LogP contribution >= 0.6 is 0 Å². The van der Waals surface area contributed by atoms with Crippen molar-refractivity contribution in [2.45, 2.75) is 18.7 Å². The molecule has 2 aliphatic heterocycles. The van der Waals surface area contributed by atoms with Crippen molar-refractivity contribution >= 4 is 6.09 Å². The summed E-state index contributed by atoms with van der Waals surface area (Å²) in [4.78, 5) is 13.3. The van der Waals surface area contributed by atoms with Gasteiger partial charge in [0.15, 0.2) is 0 Å². The Kier molecular flexibility index (Phi) is 2.48. The molecule has 2 aliphatic rings. The highest BCUT2D eigenvalue weighted by molar-refractivity contribution is 5.71. The van der Waals surface area contributed by atoms with Gasteiger partial charge in [0.2, 0.25) is 0 Å². The largest absolute Gasteiger partial charge is 0.442 e. The first-order valence-corrected chi connectivity index (χ1v) is 5.67. The van der Waals surface area contributed by atoms with Gasteiger partial charge in [0.25, 0.3) is 0 Å². The Balaban J connectivity index is 1.81. The van der Waals surface area contributed by atoms with Gasteiger partial charge in [-0.15, -0.1) is 0 Å². The summed E-state index contributed by atoms with van der Waals surface area (Å²) in [5, 5.41) is 3.16. The molecule has 2 heterocycles. The molecular formula is C12H13FN2O2. The van der Waals surface area contributed by atoms with Crippen molar-refractivity contribution < 1.29 is 13.9 Å². The lowest BCUT2D eigenvalue weighted by atomic mass is 10.1. The number of benzene rings is 1. The molecule has 0 aromatic heterocycles. The van der Waals surface area contributed by atoms with E-state index in [0.29, 0.717) is 18.7 Å². The number of nitrogens with zero attached hydrogens (tertiary/aromatic N) is 1. The van der Waals surface area contributed by atoms with Crippen molar-refractivity contribution in [1.82, 2.24) is 10.2 Å². The number of ether oxygens (including phenoxy) is 1. The van der Waals surface area contributed by atoms with E-state index in [9.17, 15) is 9.18 Å². The fourth-order valence-corrected chi connectivity index (χ4v) is 2.40. The maximum absolute atomic E-state index is 13.5. The highest BCUT2D eigenvalue weighted by Crippen LogP contribution is 2.25. The third-order valence-corrected chi connectivity index (χ3v) is 3.31. The normalized spacial score (nSPS) is 27.1. The molecular weight excluding hydrogens is 223 g/mol. The second-order valence-corrected chi connectivity index (χ2v) is 4.37. The predicted molar refractivity (Wildman–Crippen MR) is 58.9 cm³/mol. The Labute approximate surface area is 98.4 Å². The minimum absolute atomic E-state index is 0.0297. The van der Waals surface area contributed by atoms with E-state index < -0.39 is 0 Å². The summed E-state index contributed by atoms with van der Waals surface area (Å²) in [5.41, 5.74) is 0.525. The van der Waals surface area contributed by atoms with Crippen LogP contribution in [0.15, 0.2) is 24.3 Å². The van der Waals surface area contributed by atoms with E-state index in [-0.39, 0.29) is 30.6 Å². The lowest BCUT2D eigenvalue weighted by Gasteiger charge is -2.19. The van der Waals surface area contributed by atoms with Crippen LogP contribution in [-0.2, 0) is 11.3 Å². The summed E-state index contributed by atoms with van der Waals surface area (Å²) in [7, 11) is 0. The Morgan fingerprint density at radius 1 is 1.41 bits per heavy atom. The summed E-state index contributed by atoms with van der Waals surface area (Å²) in [6.07, 6.45) is -0.431. The van der Waals surface area contributed by atoms with Gasteiger partial charge >= 0.3 is 6.09 Å². The molecule has 0 saturated carbocycles. The molecule has 5 heteroatoms. The highest BCUT2D eigenvalue weighted by atomic mass is 19.1. The van der Waals surface area contributed by atoms with Crippen LogP contribution in [0.2, 0.25) is 0 Å². The SMILES string of the molecule is O=C1OC2CNCC2N1Cc1ccccc1F. The third-order valence-electron chi connectivity index (χ3n) is 3.31. The molecule has 3 rings (SSSR count). The van der Waals surface area contributed by atoms with Gasteiger partial charge in [-0.3, -0.25) is 4.90 Å². The molecule has 90 valence electrons. The molecule has 1 aromatic carbocycles. The minimum atomic E-state index is -0.343. The zero-order valence-corrected chi connectivity index (χ0v) is 9.23. The van der Waals surface area contributed by atoms with E-state index in [1.54, 1.807) is 23.1 Å². The summed E-state index contributed by atoms with van der Waals surface area (Å²) < 4.78 is 18.7. The summed E-state index contributed by atoms with van der Waals surface area (Å²) in [5.74, 6) is -0.283. The second-order valence-electron chi connectivity index (χ2n) is 4.37. The minimum Gasteiger partial charge on any atom is -0.442 e. The van der Waals surface area contributed by atoms with Gasteiger partial charge < -0.3 is 10.1 Å². The zero-order chi connectivity index (χ0) is 11.8. The molecule has 2 saturated heterocycles. The van der Waals surface area contributed by atoms with Crippen molar-refractivity contribution in [2.24, 2.45) is 0 Å². The predicted octanol–water partition coefficient (Wildman–Crippen LogP) is 1.12. The average Bonchev–Trinajstić information content (AvgIpc) is 2.85. The Morgan fingerprint density at radius 2 is 2.24 bits per heavy atom. The highest BCUT2D eigenvalue weighted by Gasteiger charge is 2.44. The molecule has 1 aromatic rings.